The number of rotatable bonds is 10. The predicted octanol–water partition coefficient (Wildman–Crippen LogP) is 3.14. The number of carbonyl (C=O) groups is 1. The van der Waals surface area contributed by atoms with E-state index < -0.39 is 10.0 Å². The lowest BCUT2D eigenvalue weighted by Crippen LogP contribution is -2.36. The largest absolute Gasteiger partial charge is 0.490 e. The van der Waals surface area contributed by atoms with Gasteiger partial charge in [0.25, 0.3) is 0 Å². The van der Waals surface area contributed by atoms with E-state index in [-0.39, 0.29) is 18.6 Å². The van der Waals surface area contributed by atoms with Crippen molar-refractivity contribution in [3.8, 4) is 17.6 Å². The Kier molecular flexibility index (Phi) is 8.53. The molecular formula is C25H31N3O5S. The van der Waals surface area contributed by atoms with Crippen LogP contribution in [-0.2, 0) is 34.4 Å². The van der Waals surface area contributed by atoms with Crippen LogP contribution in [0, 0.1) is 11.3 Å². The molecule has 1 aliphatic heterocycles. The zero-order chi connectivity index (χ0) is 24.7. The smallest absolute Gasteiger partial charge is 0.222 e. The number of benzene rings is 2. The van der Waals surface area contributed by atoms with Gasteiger partial charge in [-0.2, -0.15) is 5.26 Å². The lowest BCUT2D eigenvalue weighted by molar-refractivity contribution is -0.132. The van der Waals surface area contributed by atoms with E-state index in [9.17, 15) is 18.5 Å². The molecule has 2 aromatic carbocycles. The number of ether oxygens (including phenoxy) is 2. The maximum absolute atomic E-state index is 12.5. The number of amides is 1. The van der Waals surface area contributed by atoms with Gasteiger partial charge in [-0.25, -0.2) is 13.1 Å². The van der Waals surface area contributed by atoms with Gasteiger partial charge in [0, 0.05) is 26.1 Å². The molecule has 1 amide bonds. The highest BCUT2D eigenvalue weighted by Gasteiger charge is 2.21. The molecule has 3 rings (SSSR count). The van der Waals surface area contributed by atoms with Crippen molar-refractivity contribution in [3.05, 3.63) is 58.7 Å². The normalized spacial score (nSPS) is 13.3. The van der Waals surface area contributed by atoms with Gasteiger partial charge < -0.3 is 14.4 Å². The van der Waals surface area contributed by atoms with E-state index >= 15 is 0 Å². The van der Waals surface area contributed by atoms with E-state index in [4.69, 9.17) is 9.47 Å². The van der Waals surface area contributed by atoms with Crippen molar-refractivity contribution in [3.63, 3.8) is 0 Å². The molecule has 34 heavy (non-hydrogen) atoms. The number of sulfonamides is 1. The number of nitriles is 1. The van der Waals surface area contributed by atoms with E-state index in [0.717, 1.165) is 35.1 Å². The summed E-state index contributed by atoms with van der Waals surface area (Å²) < 4.78 is 36.3. The first-order chi connectivity index (χ1) is 16.1. The van der Waals surface area contributed by atoms with Gasteiger partial charge in [0.05, 0.1) is 17.9 Å². The third-order valence-electron chi connectivity index (χ3n) is 5.41. The van der Waals surface area contributed by atoms with Crippen LogP contribution in [0.2, 0.25) is 0 Å². The van der Waals surface area contributed by atoms with Gasteiger partial charge in [-0.1, -0.05) is 12.1 Å². The van der Waals surface area contributed by atoms with Crippen LogP contribution in [0.5, 0.6) is 11.5 Å². The third kappa shape index (κ3) is 7.47. The van der Waals surface area contributed by atoms with Gasteiger partial charge in [0.15, 0.2) is 0 Å². The van der Waals surface area contributed by atoms with Gasteiger partial charge in [-0.15, -0.1) is 0 Å². The first-order valence-corrected chi connectivity index (χ1v) is 13.2. The van der Waals surface area contributed by atoms with Crippen LogP contribution < -0.4 is 14.2 Å². The van der Waals surface area contributed by atoms with E-state index in [1.54, 1.807) is 12.1 Å². The molecule has 8 nitrogen and oxygen atoms in total. The Hall–Kier alpha value is -3.09. The van der Waals surface area contributed by atoms with Crippen LogP contribution >= 0.6 is 0 Å². The maximum atomic E-state index is 12.5. The second-order valence-electron chi connectivity index (χ2n) is 8.66. The quantitative estimate of drug-likeness (QED) is 0.518. The summed E-state index contributed by atoms with van der Waals surface area (Å²) in [7, 11) is -3.23. The van der Waals surface area contributed by atoms with Crippen LogP contribution in [0.1, 0.15) is 48.9 Å². The van der Waals surface area contributed by atoms with Crippen molar-refractivity contribution in [2.24, 2.45) is 0 Å². The number of nitrogens with zero attached hydrogens (tertiary/aromatic N) is 2. The molecule has 0 aliphatic carbocycles. The molecule has 0 bridgehead atoms. The van der Waals surface area contributed by atoms with Gasteiger partial charge in [-0.3, -0.25) is 4.79 Å². The highest BCUT2D eigenvalue weighted by Crippen LogP contribution is 2.26. The van der Waals surface area contributed by atoms with Crippen LogP contribution in [0.25, 0.3) is 0 Å². The van der Waals surface area contributed by atoms with E-state index in [0.29, 0.717) is 43.9 Å². The van der Waals surface area contributed by atoms with Crippen molar-refractivity contribution in [1.82, 2.24) is 9.62 Å². The molecule has 0 fully saturated rings. The minimum absolute atomic E-state index is 0.00667. The SMILES string of the molecule is CC(C)Oc1ccc(COc2ccc3c(c2)CCN(C(=O)CCCNS(C)(=O)=O)C3)cc1C#N. The van der Waals surface area contributed by atoms with E-state index in [1.165, 1.54) is 0 Å². The summed E-state index contributed by atoms with van der Waals surface area (Å²) in [5.74, 6) is 1.34. The monoisotopic (exact) mass is 485 g/mol. The van der Waals surface area contributed by atoms with Crippen molar-refractivity contribution < 1.29 is 22.7 Å². The number of hydrogen-bond donors (Lipinski definition) is 1. The first-order valence-electron chi connectivity index (χ1n) is 11.3. The second-order valence-corrected chi connectivity index (χ2v) is 10.5. The lowest BCUT2D eigenvalue weighted by atomic mass is 9.99. The fourth-order valence-electron chi connectivity index (χ4n) is 3.76. The molecule has 0 radical (unpaired) electrons. The molecule has 1 N–H and O–H groups in total. The predicted molar refractivity (Wildman–Crippen MR) is 129 cm³/mol. The molecule has 0 spiro atoms. The van der Waals surface area contributed by atoms with Crippen LogP contribution in [0.3, 0.4) is 0 Å². The summed E-state index contributed by atoms with van der Waals surface area (Å²) in [6, 6.07) is 13.5. The van der Waals surface area contributed by atoms with Crippen molar-refractivity contribution in [2.75, 3.05) is 19.3 Å². The standard InChI is InChI=1S/C25H31N3O5S/c1-18(2)33-24-9-6-19(13-22(24)15-26)17-32-23-8-7-21-16-28(12-10-20(21)14-23)25(29)5-4-11-27-34(3,30)31/h6-9,13-14,18,27H,4-5,10-12,16-17H2,1-3H3. The van der Waals surface area contributed by atoms with Gasteiger partial charge in [0.1, 0.15) is 24.2 Å². The molecule has 182 valence electrons. The summed E-state index contributed by atoms with van der Waals surface area (Å²) in [6.07, 6.45) is 2.62. The Morgan fingerprint density at radius 3 is 2.71 bits per heavy atom. The third-order valence-corrected chi connectivity index (χ3v) is 6.14. The van der Waals surface area contributed by atoms with E-state index in [2.05, 4.69) is 10.8 Å². The van der Waals surface area contributed by atoms with Crippen LogP contribution in [0.15, 0.2) is 36.4 Å². The minimum Gasteiger partial charge on any atom is -0.490 e. The molecule has 0 saturated carbocycles. The molecule has 0 aromatic heterocycles. The zero-order valence-corrected chi connectivity index (χ0v) is 20.7. The molecule has 2 aromatic rings. The highest BCUT2D eigenvalue weighted by atomic mass is 32.2. The topological polar surface area (TPSA) is 109 Å². The van der Waals surface area contributed by atoms with Gasteiger partial charge >= 0.3 is 0 Å². The van der Waals surface area contributed by atoms with Gasteiger partial charge in [-0.05, 0) is 67.6 Å². The fraction of sp³-hybridized carbons (Fsp3) is 0.440. The number of fused-ring (bicyclic) bond motifs is 1. The summed E-state index contributed by atoms with van der Waals surface area (Å²) >= 11 is 0. The number of nitrogens with one attached hydrogen (secondary N) is 1. The lowest BCUT2D eigenvalue weighted by Gasteiger charge is -2.29. The number of hydrogen-bond acceptors (Lipinski definition) is 6. The Labute approximate surface area is 201 Å². The maximum Gasteiger partial charge on any atom is 0.222 e. The second kappa shape index (κ2) is 11.4. The first kappa shape index (κ1) is 25.5. The Balaban J connectivity index is 1.54. The van der Waals surface area contributed by atoms with Crippen molar-refractivity contribution in [1.29, 1.82) is 5.26 Å². The minimum atomic E-state index is -3.23. The highest BCUT2D eigenvalue weighted by molar-refractivity contribution is 7.88. The molecule has 1 aliphatic rings. The molecule has 1 heterocycles. The summed E-state index contributed by atoms with van der Waals surface area (Å²) in [5.41, 5.74) is 3.60. The summed E-state index contributed by atoms with van der Waals surface area (Å²) in [5, 5.41) is 9.40. The Morgan fingerprint density at radius 1 is 1.21 bits per heavy atom. The van der Waals surface area contributed by atoms with Crippen LogP contribution in [-0.4, -0.2) is 44.7 Å². The Bertz CT molecular complexity index is 1170. The van der Waals surface area contributed by atoms with Gasteiger partial charge in [0.2, 0.25) is 15.9 Å². The summed E-state index contributed by atoms with van der Waals surface area (Å²) in [4.78, 5) is 14.3. The average Bonchev–Trinajstić information content (AvgIpc) is 2.79. The molecule has 0 unspecified atom stereocenters. The zero-order valence-electron chi connectivity index (χ0n) is 19.8. The van der Waals surface area contributed by atoms with Crippen LogP contribution in [0.4, 0.5) is 0 Å². The fourth-order valence-corrected chi connectivity index (χ4v) is 4.28. The van der Waals surface area contributed by atoms with Crippen molar-refractivity contribution >= 4 is 15.9 Å². The molecule has 0 saturated heterocycles. The number of carbonyl (C=O) groups excluding carboxylic acids is 1. The summed E-state index contributed by atoms with van der Waals surface area (Å²) in [6.45, 7) is 5.60. The molecular weight excluding hydrogens is 454 g/mol. The van der Waals surface area contributed by atoms with Crippen molar-refractivity contribution in [2.45, 2.75) is 52.4 Å². The molecule has 0 atom stereocenters. The Morgan fingerprint density at radius 2 is 2.00 bits per heavy atom. The van der Waals surface area contributed by atoms with E-state index in [1.807, 2.05) is 43.0 Å². The average molecular weight is 486 g/mol. The molecule has 9 heteroatoms.